The highest BCUT2D eigenvalue weighted by Gasteiger charge is 2.21. The number of nitrogens with two attached hydrogens (primary N) is 1. The Bertz CT molecular complexity index is 2170. The number of piperidine rings is 2. The summed E-state index contributed by atoms with van der Waals surface area (Å²) in [5.74, 6) is 0.198. The molecular formula is C50H60BrN5O2S2. The highest BCUT2D eigenvalue weighted by atomic mass is 79.9. The minimum absolute atomic E-state index is 0.0893. The summed E-state index contributed by atoms with van der Waals surface area (Å²) in [6.07, 6.45) is 4.25. The van der Waals surface area contributed by atoms with Crippen LogP contribution in [-0.4, -0.2) is 83.8 Å². The maximum absolute atomic E-state index is 12.8. The van der Waals surface area contributed by atoms with E-state index in [1.54, 1.807) is 22.7 Å². The van der Waals surface area contributed by atoms with Crippen LogP contribution in [0.2, 0.25) is 0 Å². The van der Waals surface area contributed by atoms with Crippen LogP contribution in [0.5, 0.6) is 0 Å². The van der Waals surface area contributed by atoms with Gasteiger partial charge in [0.25, 0.3) is 11.8 Å². The van der Waals surface area contributed by atoms with E-state index in [-0.39, 0.29) is 11.8 Å². The molecule has 2 aliphatic heterocycles. The number of amides is 2. The van der Waals surface area contributed by atoms with E-state index < -0.39 is 0 Å². The van der Waals surface area contributed by atoms with E-state index in [9.17, 15) is 9.59 Å². The summed E-state index contributed by atoms with van der Waals surface area (Å²) in [7, 11) is 0. The Balaban J connectivity index is 0.000000205. The number of benzene rings is 3. The van der Waals surface area contributed by atoms with Crippen molar-refractivity contribution in [3.63, 3.8) is 0 Å². The van der Waals surface area contributed by atoms with Gasteiger partial charge in [0, 0.05) is 86.7 Å². The zero-order valence-corrected chi connectivity index (χ0v) is 38.9. The first-order chi connectivity index (χ1) is 29.2. The Morgan fingerprint density at radius 1 is 0.583 bits per heavy atom. The Labute approximate surface area is 374 Å². The third-order valence-electron chi connectivity index (χ3n) is 11.6. The molecule has 60 heavy (non-hydrogen) atoms. The number of hydrogen-bond donors (Lipinski definition) is 1. The first-order valence-corrected chi connectivity index (χ1v) is 24.1. The topological polar surface area (TPSA) is 73.1 Å². The second kappa shape index (κ2) is 22.5. The number of carbonyl (C=O) groups is 2. The highest BCUT2D eigenvalue weighted by molar-refractivity contribution is 9.15. The molecule has 2 aliphatic rings. The average molecular weight is 907 g/mol. The Morgan fingerprint density at radius 2 is 1.02 bits per heavy atom. The van der Waals surface area contributed by atoms with Gasteiger partial charge in [-0.3, -0.25) is 19.4 Å². The van der Waals surface area contributed by atoms with Gasteiger partial charge >= 0.3 is 0 Å². The highest BCUT2D eigenvalue weighted by Crippen LogP contribution is 2.35. The van der Waals surface area contributed by atoms with Crippen LogP contribution in [0.25, 0.3) is 10.1 Å². The first kappa shape index (κ1) is 45.2. The van der Waals surface area contributed by atoms with Crippen molar-refractivity contribution in [3.8, 4) is 0 Å². The van der Waals surface area contributed by atoms with Crippen molar-refractivity contribution < 1.29 is 9.59 Å². The summed E-state index contributed by atoms with van der Waals surface area (Å²) in [6, 6.07) is 28.7. The molecule has 5 aromatic rings. The van der Waals surface area contributed by atoms with Gasteiger partial charge in [0.2, 0.25) is 0 Å². The number of anilines is 1. The van der Waals surface area contributed by atoms with Crippen molar-refractivity contribution in [3.05, 3.63) is 157 Å². The smallest absolute Gasteiger partial charge is 0.253 e. The lowest BCUT2D eigenvalue weighted by atomic mass is 9.87. The molecule has 0 radical (unpaired) electrons. The van der Waals surface area contributed by atoms with Crippen LogP contribution in [0.3, 0.4) is 0 Å². The fourth-order valence-electron chi connectivity index (χ4n) is 8.11. The molecule has 2 aromatic heterocycles. The quantitative estimate of drug-likeness (QED) is 0.119. The van der Waals surface area contributed by atoms with Gasteiger partial charge in [-0.2, -0.15) is 22.7 Å². The lowest BCUT2D eigenvalue weighted by Crippen LogP contribution is -2.30. The molecule has 2 amide bonds. The zero-order chi connectivity index (χ0) is 42.4. The van der Waals surface area contributed by atoms with E-state index in [1.807, 2.05) is 73.9 Å². The third kappa shape index (κ3) is 11.9. The molecule has 0 spiro atoms. The second-order valence-electron chi connectivity index (χ2n) is 15.4. The van der Waals surface area contributed by atoms with Crippen LogP contribution in [0, 0.1) is 0 Å². The number of halogens is 1. The molecular weight excluding hydrogens is 847 g/mol. The average Bonchev–Trinajstić information content (AvgIpc) is 4.01. The molecule has 2 N–H and O–H groups in total. The van der Waals surface area contributed by atoms with E-state index in [2.05, 4.69) is 95.8 Å². The van der Waals surface area contributed by atoms with Crippen LogP contribution in [0.4, 0.5) is 5.69 Å². The summed E-state index contributed by atoms with van der Waals surface area (Å²) >= 11 is 7.34. The van der Waals surface area contributed by atoms with Gasteiger partial charge in [-0.15, -0.1) is 0 Å². The predicted octanol–water partition coefficient (Wildman–Crippen LogP) is 11.5. The van der Waals surface area contributed by atoms with Crippen LogP contribution in [-0.2, 0) is 13.1 Å². The molecule has 0 atom stereocenters. The van der Waals surface area contributed by atoms with E-state index >= 15 is 0 Å². The molecule has 0 saturated carbocycles. The lowest BCUT2D eigenvalue weighted by molar-refractivity contribution is 0.0765. The molecule has 2 fully saturated rings. The van der Waals surface area contributed by atoms with E-state index in [0.717, 1.165) is 125 Å². The molecule has 0 unspecified atom stereocenters. The van der Waals surface area contributed by atoms with Gasteiger partial charge in [-0.05, 0) is 157 Å². The third-order valence-corrected chi connectivity index (χ3v) is 14.1. The largest absolute Gasteiger partial charge is 0.399 e. The van der Waals surface area contributed by atoms with Crippen LogP contribution in [0.1, 0.15) is 102 Å². The number of hydrogen-bond acceptors (Lipinski definition) is 7. The number of nitrogen functional groups attached to an aromatic ring is 1. The molecule has 4 heterocycles. The molecule has 3 aromatic carbocycles. The van der Waals surface area contributed by atoms with Gasteiger partial charge in [-0.25, -0.2) is 0 Å². The Hall–Kier alpha value is -4.32. The van der Waals surface area contributed by atoms with Gasteiger partial charge in [0.1, 0.15) is 0 Å². The van der Waals surface area contributed by atoms with Crippen molar-refractivity contribution in [2.45, 2.75) is 66.5 Å². The predicted molar refractivity (Wildman–Crippen MR) is 258 cm³/mol. The Kier molecular flexibility index (Phi) is 17.0. The molecule has 0 aliphatic carbocycles. The second-order valence-corrected chi connectivity index (χ2v) is 17.8. The summed E-state index contributed by atoms with van der Waals surface area (Å²) < 4.78 is 1.19. The van der Waals surface area contributed by atoms with Gasteiger partial charge in [0.05, 0.1) is 0 Å². The van der Waals surface area contributed by atoms with Crippen LogP contribution < -0.4 is 5.73 Å². The number of nitrogens with zero attached hydrogens (tertiary/aromatic N) is 4. The van der Waals surface area contributed by atoms with E-state index in [1.165, 1.54) is 32.3 Å². The van der Waals surface area contributed by atoms with Gasteiger partial charge in [-0.1, -0.05) is 63.5 Å². The fraction of sp³-hybridized carbons (Fsp3) is 0.360. The number of thiophene rings is 2. The molecule has 316 valence electrons. The van der Waals surface area contributed by atoms with Gasteiger partial charge in [0.15, 0.2) is 0 Å². The van der Waals surface area contributed by atoms with E-state index in [4.69, 9.17) is 5.73 Å². The van der Waals surface area contributed by atoms with Crippen molar-refractivity contribution in [2.24, 2.45) is 0 Å². The molecule has 0 bridgehead atoms. The summed E-state index contributed by atoms with van der Waals surface area (Å²) in [5, 5.41) is 8.78. The van der Waals surface area contributed by atoms with Crippen molar-refractivity contribution in [1.82, 2.24) is 19.6 Å². The van der Waals surface area contributed by atoms with Crippen LogP contribution in [0.15, 0.2) is 118 Å². The molecule has 2 saturated heterocycles. The Morgan fingerprint density at radius 3 is 1.43 bits per heavy atom. The minimum atomic E-state index is 0.0893. The zero-order valence-electron chi connectivity index (χ0n) is 35.7. The lowest BCUT2D eigenvalue weighted by Gasteiger charge is -2.30. The standard InChI is InChI=1S/C28H33N3OS.C22H27BrN2OS/c1-3-31(4-2)28(32)24-10-8-22(9-11-24)27(25-6-5-7-26(29)18-25)23-12-15-30(16-13-23)19-21-14-17-33-20-21;1-3-25(4-2)22(26)20-7-5-18(6-8-20)21(23)19-9-12-24(13-10-19)15-17-11-14-27-16-17/h5-11,14,17-18,20H,3-4,12-13,15-16,19,29H2,1-2H3;5-8,11,14,16H,3-4,9-10,12-13,15H2,1-2H3. The van der Waals surface area contributed by atoms with Crippen molar-refractivity contribution in [1.29, 1.82) is 0 Å². The van der Waals surface area contributed by atoms with Gasteiger partial charge < -0.3 is 15.5 Å². The maximum atomic E-state index is 12.8. The number of rotatable bonds is 13. The summed E-state index contributed by atoms with van der Waals surface area (Å²) in [6.45, 7) is 17.4. The number of carbonyl (C=O) groups excluding carboxylic acids is 2. The van der Waals surface area contributed by atoms with E-state index in [0.29, 0.717) is 0 Å². The molecule has 10 heteroatoms. The molecule has 7 nitrogen and oxygen atoms in total. The first-order valence-electron chi connectivity index (χ1n) is 21.4. The summed E-state index contributed by atoms with van der Waals surface area (Å²) in [4.78, 5) is 34.0. The molecule has 7 rings (SSSR count). The van der Waals surface area contributed by atoms with Crippen molar-refractivity contribution in [2.75, 3.05) is 58.1 Å². The maximum Gasteiger partial charge on any atom is 0.253 e. The summed E-state index contributed by atoms with van der Waals surface area (Å²) in [5.41, 5.74) is 18.9. The minimum Gasteiger partial charge on any atom is -0.399 e. The fourth-order valence-corrected chi connectivity index (χ4v) is 10.1. The number of likely N-dealkylation sites (tertiary alicyclic amines) is 2. The SMILES string of the molecule is CCN(CC)C(=O)c1ccc(C(=C2CCN(Cc3ccsc3)CC2)c2cccc(N)c2)cc1.CCN(CC)C(=O)c1ccc(C(Br)=C2CCN(Cc3ccsc3)CC2)cc1. The normalized spacial score (nSPS) is 14.6. The van der Waals surface area contributed by atoms with Crippen LogP contribution >= 0.6 is 38.6 Å². The monoisotopic (exact) mass is 905 g/mol. The van der Waals surface area contributed by atoms with Crippen molar-refractivity contribution >= 4 is 66.2 Å².